The molecule has 2 aromatic carbocycles. The molecule has 0 aliphatic carbocycles. The first-order chi connectivity index (χ1) is 22.6. The highest BCUT2D eigenvalue weighted by Gasteiger charge is 2.29. The number of hydrazine groups is 1. The highest BCUT2D eigenvalue weighted by atomic mass is 35.5. The molecule has 1 saturated heterocycles. The van der Waals surface area contributed by atoms with E-state index >= 15 is 0 Å². The predicted octanol–water partition coefficient (Wildman–Crippen LogP) is 4.88. The third-order valence-electron chi connectivity index (χ3n) is 7.40. The molecule has 1 amide bonds. The van der Waals surface area contributed by atoms with Crippen molar-refractivity contribution in [2.75, 3.05) is 30.3 Å². The fourth-order valence-electron chi connectivity index (χ4n) is 4.80. The van der Waals surface area contributed by atoms with E-state index in [0.717, 1.165) is 32.4 Å². The Labute approximate surface area is 297 Å². The van der Waals surface area contributed by atoms with Crippen LogP contribution in [-0.4, -0.2) is 85.2 Å². The van der Waals surface area contributed by atoms with Crippen molar-refractivity contribution in [2.24, 2.45) is 5.41 Å². The number of carbonyl (C=O) groups excluding carboxylic acids is 1. The van der Waals surface area contributed by atoms with E-state index in [4.69, 9.17) is 41.5 Å². The molecule has 0 radical (unpaired) electrons. The lowest BCUT2D eigenvalue weighted by Crippen LogP contribution is -2.45. The molecule has 272 valence electrons. The molecule has 3 aromatic rings. The van der Waals surface area contributed by atoms with Gasteiger partial charge in [-0.3, -0.25) is 19.3 Å². The quantitative estimate of drug-likeness (QED) is 0.157. The smallest absolute Gasteiger partial charge is 0.309 e. The van der Waals surface area contributed by atoms with Crippen LogP contribution in [0.3, 0.4) is 0 Å². The Morgan fingerprint density at radius 2 is 1.51 bits per heavy atom. The van der Waals surface area contributed by atoms with Gasteiger partial charge in [-0.1, -0.05) is 61.7 Å². The molecule has 0 unspecified atom stereocenters. The third-order valence-corrected chi connectivity index (χ3v) is 10.8. The molecule has 0 bridgehead atoms. The highest BCUT2D eigenvalue weighted by Crippen LogP contribution is 2.34. The number of hydrogen-bond acceptors (Lipinski definition) is 10. The van der Waals surface area contributed by atoms with E-state index in [0.29, 0.717) is 45.8 Å². The molecule has 1 aliphatic rings. The number of carbonyl (C=O) groups is 1. The van der Waals surface area contributed by atoms with Gasteiger partial charge in [-0.05, 0) is 61.9 Å². The Bertz CT molecular complexity index is 1900. The number of benzene rings is 2. The topological polar surface area (TPSA) is 202 Å². The minimum absolute atomic E-state index is 0.165. The van der Waals surface area contributed by atoms with E-state index in [9.17, 15) is 30.0 Å². The number of nitrogens with zero attached hydrogens (tertiary/aromatic N) is 3. The molecule has 49 heavy (non-hydrogen) atoms. The zero-order chi connectivity index (χ0) is 36.6. The van der Waals surface area contributed by atoms with Crippen molar-refractivity contribution in [1.82, 2.24) is 20.0 Å². The van der Waals surface area contributed by atoms with Gasteiger partial charge < -0.3 is 8.75 Å². The average molecular weight is 784 g/mol. The summed E-state index contributed by atoms with van der Waals surface area (Å²) >= 11 is 12.7. The van der Waals surface area contributed by atoms with Crippen molar-refractivity contribution in [3.05, 3.63) is 70.0 Å². The number of aromatic nitrogens is 2. The number of piperidine rings is 1. The number of amides is 1. The van der Waals surface area contributed by atoms with Crippen LogP contribution in [0, 0.1) is 12.3 Å². The van der Waals surface area contributed by atoms with Crippen LogP contribution in [0.5, 0.6) is 5.75 Å². The molecule has 0 spiro atoms. The highest BCUT2D eigenvalue weighted by molar-refractivity contribution is 7.89. The molecule has 1 aromatic heterocycles. The molecule has 4 rings (SSSR count). The summed E-state index contributed by atoms with van der Waals surface area (Å²) < 4.78 is 88.0. The Hall–Kier alpha value is -2.77. The minimum atomic E-state index is -4.30. The van der Waals surface area contributed by atoms with Gasteiger partial charge in [-0.25, -0.2) is 9.99 Å². The second-order valence-electron chi connectivity index (χ2n) is 12.2. The monoisotopic (exact) mass is 782 g/mol. The SMILES string of the molecule is Cc1c(C(=O)NN2CCCCC2)nc(-c2ccc(Cl)cc2Cl)n1CC(C)(C)CCS(=O)(=O)Oc1ccccc1.O=S(=O)(O)CCS(=O)(=O)O. The number of nitrogens with one attached hydrogen (secondary N) is 1. The molecule has 2 heterocycles. The first-order valence-electron chi connectivity index (χ1n) is 15.1. The summed E-state index contributed by atoms with van der Waals surface area (Å²) in [6.07, 6.45) is 3.54. The number of imidazole rings is 1. The molecule has 14 nitrogen and oxygen atoms in total. The molecular weight excluding hydrogens is 743 g/mol. The van der Waals surface area contributed by atoms with Gasteiger partial charge in [0, 0.05) is 35.9 Å². The van der Waals surface area contributed by atoms with Gasteiger partial charge in [0.15, 0.2) is 5.69 Å². The Kier molecular flexibility index (Phi) is 14.1. The van der Waals surface area contributed by atoms with Crippen LogP contribution < -0.4 is 9.61 Å². The van der Waals surface area contributed by atoms with Crippen molar-refractivity contribution >= 4 is 59.5 Å². The van der Waals surface area contributed by atoms with Gasteiger partial charge in [-0.2, -0.15) is 25.3 Å². The summed E-state index contributed by atoms with van der Waals surface area (Å²) in [5.74, 6) is -1.60. The van der Waals surface area contributed by atoms with E-state index in [1.165, 1.54) is 0 Å². The number of halogens is 2. The van der Waals surface area contributed by atoms with Crippen molar-refractivity contribution in [3.8, 4) is 17.1 Å². The van der Waals surface area contributed by atoms with E-state index in [1.54, 1.807) is 48.5 Å². The maximum absolute atomic E-state index is 13.3. The summed E-state index contributed by atoms with van der Waals surface area (Å²) in [4.78, 5) is 18.0. The Balaban J connectivity index is 0.000000565. The van der Waals surface area contributed by atoms with Crippen LogP contribution in [0.2, 0.25) is 10.0 Å². The lowest BCUT2D eigenvalue weighted by atomic mass is 9.90. The van der Waals surface area contributed by atoms with Gasteiger partial charge in [0.1, 0.15) is 11.6 Å². The van der Waals surface area contributed by atoms with Crippen molar-refractivity contribution in [1.29, 1.82) is 0 Å². The van der Waals surface area contributed by atoms with Crippen LogP contribution in [-0.2, 0) is 36.9 Å². The lowest BCUT2D eigenvalue weighted by molar-refractivity contribution is 0.0744. The normalized spacial score (nSPS) is 14.5. The van der Waals surface area contributed by atoms with Gasteiger partial charge in [-0.15, -0.1) is 0 Å². The van der Waals surface area contributed by atoms with E-state index < -0.39 is 47.3 Å². The third kappa shape index (κ3) is 13.8. The van der Waals surface area contributed by atoms with Crippen LogP contribution >= 0.6 is 23.2 Å². The summed E-state index contributed by atoms with van der Waals surface area (Å²) in [5, 5.41) is 2.83. The molecule has 1 aliphatic heterocycles. The molecule has 0 atom stereocenters. The molecule has 19 heteroatoms. The number of hydrogen-bond donors (Lipinski definition) is 3. The van der Waals surface area contributed by atoms with Gasteiger partial charge >= 0.3 is 10.1 Å². The zero-order valence-corrected chi connectivity index (χ0v) is 31.1. The second kappa shape index (κ2) is 17.0. The van der Waals surface area contributed by atoms with Crippen LogP contribution in [0.4, 0.5) is 0 Å². The standard InChI is InChI=1S/C28H34Cl2N4O4S.C2H6O6S2/c1-20-25(27(35)32-33-15-8-5-9-16-33)31-26(23-13-12-21(29)18-24(23)30)34(20)19-28(2,3)14-17-39(36,37)38-22-10-6-4-7-11-22;3-9(4,5)1-2-10(6,7)8/h4,6-7,10-13,18H,5,8-9,14-17,19H2,1-3H3,(H,32,35);1-2H2,(H,3,4,5)(H,6,7,8). The van der Waals surface area contributed by atoms with Crippen LogP contribution in [0.1, 0.15) is 55.7 Å². The maximum Gasteiger partial charge on any atom is 0.309 e. The summed E-state index contributed by atoms with van der Waals surface area (Å²) in [7, 11) is -12.4. The number of para-hydroxylation sites is 1. The Morgan fingerprint density at radius 3 is 2.06 bits per heavy atom. The average Bonchev–Trinajstić information content (AvgIpc) is 3.30. The fraction of sp³-hybridized carbons (Fsp3) is 0.467. The molecule has 1 fully saturated rings. The predicted molar refractivity (Wildman–Crippen MR) is 187 cm³/mol. The zero-order valence-electron chi connectivity index (χ0n) is 27.2. The van der Waals surface area contributed by atoms with Crippen molar-refractivity contribution in [3.63, 3.8) is 0 Å². The lowest BCUT2D eigenvalue weighted by Gasteiger charge is -2.27. The van der Waals surface area contributed by atoms with E-state index in [-0.39, 0.29) is 17.4 Å². The largest absolute Gasteiger partial charge is 0.382 e. The maximum atomic E-state index is 13.3. The first-order valence-corrected chi connectivity index (χ1v) is 20.7. The van der Waals surface area contributed by atoms with Gasteiger partial charge in [0.2, 0.25) is 0 Å². The van der Waals surface area contributed by atoms with Crippen LogP contribution in [0.15, 0.2) is 48.5 Å². The van der Waals surface area contributed by atoms with Gasteiger partial charge in [0.05, 0.1) is 22.3 Å². The van der Waals surface area contributed by atoms with Gasteiger partial charge in [0.25, 0.3) is 26.1 Å². The minimum Gasteiger partial charge on any atom is -0.382 e. The second-order valence-corrected chi connectivity index (χ2v) is 17.9. The van der Waals surface area contributed by atoms with E-state index in [1.807, 2.05) is 30.3 Å². The Morgan fingerprint density at radius 1 is 0.918 bits per heavy atom. The van der Waals surface area contributed by atoms with Crippen molar-refractivity contribution < 1.29 is 43.3 Å². The first kappa shape index (κ1) is 40.7. The fourth-order valence-corrected chi connectivity index (χ4v) is 8.27. The van der Waals surface area contributed by atoms with E-state index in [2.05, 4.69) is 5.43 Å². The molecular formula is C30H40Cl2N4O10S3. The number of rotatable bonds is 13. The summed E-state index contributed by atoms with van der Waals surface area (Å²) in [6, 6.07) is 13.6. The van der Waals surface area contributed by atoms with Crippen molar-refractivity contribution in [2.45, 2.75) is 53.0 Å². The molecule has 0 saturated carbocycles. The summed E-state index contributed by atoms with van der Waals surface area (Å²) in [5.41, 5.74) is 4.11. The summed E-state index contributed by atoms with van der Waals surface area (Å²) in [6.45, 7) is 7.80. The molecule has 3 N–H and O–H groups in total. The van der Waals surface area contributed by atoms with Crippen LogP contribution in [0.25, 0.3) is 11.4 Å².